The Morgan fingerprint density at radius 2 is 2.11 bits per heavy atom. The third-order valence-corrected chi connectivity index (χ3v) is 3.17. The molecule has 2 nitrogen and oxygen atoms in total. The van der Waals surface area contributed by atoms with Crippen LogP contribution in [0.5, 0.6) is 0 Å². The van der Waals surface area contributed by atoms with Gasteiger partial charge in [0.1, 0.15) is 5.82 Å². The molecule has 1 aromatic heterocycles. The van der Waals surface area contributed by atoms with E-state index in [1.54, 1.807) is 0 Å². The van der Waals surface area contributed by atoms with Gasteiger partial charge in [0.05, 0.1) is 10.7 Å². The second kappa shape index (κ2) is 6.48. The van der Waals surface area contributed by atoms with Gasteiger partial charge >= 0.3 is 0 Å². The molecule has 0 bridgehead atoms. The van der Waals surface area contributed by atoms with E-state index >= 15 is 0 Å². The van der Waals surface area contributed by atoms with Gasteiger partial charge in [0.2, 0.25) is 0 Å². The lowest BCUT2D eigenvalue weighted by molar-refractivity contribution is 0.263. The number of aromatic nitrogens is 1. The topological polar surface area (TPSA) is 24.9 Å². The van der Waals surface area contributed by atoms with E-state index in [-0.39, 0.29) is 17.3 Å². The third-order valence-electron chi connectivity index (χ3n) is 2.97. The predicted molar refractivity (Wildman–Crippen MR) is 74.4 cm³/mol. The van der Waals surface area contributed by atoms with Gasteiger partial charge in [0, 0.05) is 18.7 Å². The van der Waals surface area contributed by atoms with Gasteiger partial charge in [-0.2, -0.15) is 0 Å². The van der Waals surface area contributed by atoms with Crippen molar-refractivity contribution in [2.45, 2.75) is 46.6 Å². The summed E-state index contributed by atoms with van der Waals surface area (Å²) >= 11 is 5.71. The van der Waals surface area contributed by atoms with Gasteiger partial charge in [0.15, 0.2) is 0 Å². The van der Waals surface area contributed by atoms with Crippen LogP contribution in [-0.4, -0.2) is 17.6 Å². The lowest BCUT2D eigenvalue weighted by atomic mass is 9.84. The molecule has 0 saturated carbocycles. The summed E-state index contributed by atoms with van der Waals surface area (Å²) in [5.41, 5.74) is 0.533. The average molecular weight is 273 g/mol. The molecule has 1 rings (SSSR count). The summed E-state index contributed by atoms with van der Waals surface area (Å²) in [4.78, 5) is 4.09. The lowest BCUT2D eigenvalue weighted by Gasteiger charge is -2.31. The summed E-state index contributed by atoms with van der Waals surface area (Å²) in [6, 6.07) is 1.52. The van der Waals surface area contributed by atoms with Crippen molar-refractivity contribution < 1.29 is 4.39 Å². The van der Waals surface area contributed by atoms with E-state index < -0.39 is 0 Å². The summed E-state index contributed by atoms with van der Waals surface area (Å²) in [5.74, 6) is -0.324. The zero-order valence-corrected chi connectivity index (χ0v) is 12.3. The molecule has 102 valence electrons. The normalized spacial score (nSPS) is 13.7. The first kappa shape index (κ1) is 15.4. The van der Waals surface area contributed by atoms with Crippen LogP contribution in [0.4, 0.5) is 4.39 Å². The van der Waals surface area contributed by atoms with Crippen LogP contribution in [-0.2, 0) is 6.42 Å². The summed E-state index contributed by atoms with van der Waals surface area (Å²) < 4.78 is 13.7. The Kier molecular flexibility index (Phi) is 5.54. The number of nitrogens with one attached hydrogen (secondary N) is 1. The Hall–Kier alpha value is -0.670. The molecule has 0 aliphatic carbocycles. The van der Waals surface area contributed by atoms with Crippen LogP contribution in [0.15, 0.2) is 12.3 Å². The fraction of sp³-hybridized carbons (Fsp3) is 0.643. The number of pyridine rings is 1. The van der Waals surface area contributed by atoms with Gasteiger partial charge in [0.25, 0.3) is 0 Å². The highest BCUT2D eigenvalue weighted by molar-refractivity contribution is 6.30. The summed E-state index contributed by atoms with van der Waals surface area (Å²) in [7, 11) is 0. The van der Waals surface area contributed by atoms with Crippen molar-refractivity contribution >= 4 is 11.6 Å². The fourth-order valence-electron chi connectivity index (χ4n) is 1.79. The van der Waals surface area contributed by atoms with E-state index in [2.05, 4.69) is 38.0 Å². The molecule has 0 radical (unpaired) electrons. The number of hydrogen-bond acceptors (Lipinski definition) is 2. The number of halogens is 2. The first-order chi connectivity index (χ1) is 8.34. The van der Waals surface area contributed by atoms with Gasteiger partial charge in [-0.05, 0) is 24.4 Å². The van der Waals surface area contributed by atoms with Crippen molar-refractivity contribution in [1.82, 2.24) is 10.3 Å². The average Bonchev–Trinajstić information content (AvgIpc) is 2.25. The zero-order valence-electron chi connectivity index (χ0n) is 11.6. The molecule has 1 atom stereocenters. The summed E-state index contributed by atoms with van der Waals surface area (Å²) in [6.45, 7) is 9.49. The molecule has 4 heteroatoms. The molecule has 0 aromatic carbocycles. The molecule has 0 aliphatic heterocycles. The first-order valence-electron chi connectivity index (χ1n) is 6.38. The van der Waals surface area contributed by atoms with Gasteiger partial charge < -0.3 is 5.32 Å². The third kappa shape index (κ3) is 4.54. The monoisotopic (exact) mass is 272 g/mol. The molecule has 1 heterocycles. The maximum atomic E-state index is 13.7. The Labute approximate surface area is 114 Å². The van der Waals surface area contributed by atoms with Crippen molar-refractivity contribution in [3.05, 3.63) is 28.8 Å². The van der Waals surface area contributed by atoms with Crippen LogP contribution in [0.2, 0.25) is 5.02 Å². The SMILES string of the molecule is CCCNC(Cc1ncc(Cl)cc1F)C(C)(C)C. The van der Waals surface area contributed by atoms with Gasteiger partial charge in [-0.25, -0.2) is 4.39 Å². The fourth-order valence-corrected chi connectivity index (χ4v) is 1.93. The van der Waals surface area contributed by atoms with E-state index in [9.17, 15) is 4.39 Å². The molecule has 1 N–H and O–H groups in total. The van der Waals surface area contributed by atoms with E-state index in [0.717, 1.165) is 13.0 Å². The Morgan fingerprint density at radius 1 is 1.44 bits per heavy atom. The van der Waals surface area contributed by atoms with Crippen LogP contribution in [0.3, 0.4) is 0 Å². The minimum Gasteiger partial charge on any atom is -0.313 e. The lowest BCUT2D eigenvalue weighted by Crippen LogP contribution is -2.42. The molecule has 0 fully saturated rings. The molecule has 0 aliphatic rings. The number of hydrogen-bond donors (Lipinski definition) is 1. The highest BCUT2D eigenvalue weighted by atomic mass is 35.5. The maximum absolute atomic E-state index is 13.7. The number of nitrogens with zero attached hydrogens (tertiary/aromatic N) is 1. The maximum Gasteiger partial charge on any atom is 0.146 e. The van der Waals surface area contributed by atoms with E-state index in [0.29, 0.717) is 17.1 Å². The Bertz CT molecular complexity index is 388. The molecule has 0 saturated heterocycles. The van der Waals surface area contributed by atoms with Crippen molar-refractivity contribution in [2.24, 2.45) is 5.41 Å². The second-order valence-corrected chi connectivity index (χ2v) is 6.10. The molecule has 0 spiro atoms. The van der Waals surface area contributed by atoms with Crippen LogP contribution < -0.4 is 5.32 Å². The van der Waals surface area contributed by atoms with E-state index in [4.69, 9.17) is 11.6 Å². The quantitative estimate of drug-likeness (QED) is 0.881. The van der Waals surface area contributed by atoms with Gasteiger partial charge in [-0.1, -0.05) is 39.3 Å². The van der Waals surface area contributed by atoms with Gasteiger partial charge in [-0.15, -0.1) is 0 Å². The zero-order chi connectivity index (χ0) is 13.8. The van der Waals surface area contributed by atoms with Crippen molar-refractivity contribution in [2.75, 3.05) is 6.54 Å². The molecule has 0 amide bonds. The summed E-state index contributed by atoms with van der Waals surface area (Å²) in [6.07, 6.45) is 3.13. The Balaban J connectivity index is 2.82. The highest BCUT2D eigenvalue weighted by Crippen LogP contribution is 2.23. The highest BCUT2D eigenvalue weighted by Gasteiger charge is 2.25. The minimum atomic E-state index is -0.324. The van der Waals surface area contributed by atoms with Crippen molar-refractivity contribution in [3.8, 4) is 0 Å². The minimum absolute atomic E-state index is 0.0585. The first-order valence-corrected chi connectivity index (χ1v) is 6.75. The second-order valence-electron chi connectivity index (χ2n) is 5.66. The van der Waals surface area contributed by atoms with Crippen molar-refractivity contribution in [3.63, 3.8) is 0 Å². The molecular formula is C14H22ClFN2. The molecule has 1 aromatic rings. The summed E-state index contributed by atoms with van der Waals surface area (Å²) in [5, 5.41) is 3.80. The number of rotatable bonds is 5. The molecule has 18 heavy (non-hydrogen) atoms. The molecule has 1 unspecified atom stereocenters. The largest absolute Gasteiger partial charge is 0.313 e. The predicted octanol–water partition coefficient (Wildman–Crippen LogP) is 3.83. The van der Waals surface area contributed by atoms with Crippen LogP contribution in [0.25, 0.3) is 0 Å². The smallest absolute Gasteiger partial charge is 0.146 e. The Morgan fingerprint density at radius 3 is 2.61 bits per heavy atom. The van der Waals surface area contributed by atoms with Crippen LogP contribution in [0.1, 0.15) is 39.8 Å². The molecular weight excluding hydrogens is 251 g/mol. The standard InChI is InChI=1S/C14H22ClFN2/c1-5-6-17-13(14(2,3)4)8-12-11(16)7-10(15)9-18-12/h7,9,13,17H,5-6,8H2,1-4H3. The van der Waals surface area contributed by atoms with E-state index in [1.807, 2.05) is 0 Å². The van der Waals surface area contributed by atoms with E-state index in [1.165, 1.54) is 12.3 Å². The van der Waals surface area contributed by atoms with Gasteiger partial charge in [-0.3, -0.25) is 4.98 Å². The van der Waals surface area contributed by atoms with Crippen LogP contribution in [0, 0.1) is 11.2 Å². The van der Waals surface area contributed by atoms with Crippen molar-refractivity contribution in [1.29, 1.82) is 0 Å². The van der Waals surface area contributed by atoms with Crippen LogP contribution >= 0.6 is 11.6 Å².